The van der Waals surface area contributed by atoms with Crippen LogP contribution >= 0.6 is 0 Å². The van der Waals surface area contributed by atoms with Crippen molar-refractivity contribution in [2.24, 2.45) is 0 Å². The lowest BCUT2D eigenvalue weighted by molar-refractivity contribution is -0.133. The lowest BCUT2D eigenvalue weighted by Gasteiger charge is -2.30. The van der Waals surface area contributed by atoms with Crippen molar-refractivity contribution in [1.82, 2.24) is 4.90 Å². The minimum absolute atomic E-state index is 0.0714. The first-order chi connectivity index (χ1) is 13.6. The molecule has 0 unspecified atom stereocenters. The highest BCUT2D eigenvalue weighted by atomic mass is 16.4. The van der Waals surface area contributed by atoms with Crippen LogP contribution in [0.3, 0.4) is 0 Å². The summed E-state index contributed by atoms with van der Waals surface area (Å²) in [7, 11) is 0. The molecule has 0 heterocycles. The van der Waals surface area contributed by atoms with Crippen molar-refractivity contribution in [2.75, 3.05) is 0 Å². The Labute approximate surface area is 166 Å². The monoisotopic (exact) mass is 375 g/mol. The Morgan fingerprint density at radius 2 is 1.61 bits per heavy atom. The first kappa shape index (κ1) is 20.9. The van der Waals surface area contributed by atoms with Crippen molar-refractivity contribution in [3.63, 3.8) is 0 Å². The topological polar surface area (TPSA) is 57.6 Å². The number of amides is 1. The van der Waals surface area contributed by atoms with Crippen LogP contribution in [0.15, 0.2) is 97.6 Å². The molecule has 2 rings (SSSR count). The number of benzene rings is 2. The summed E-state index contributed by atoms with van der Waals surface area (Å²) >= 11 is 0. The summed E-state index contributed by atoms with van der Waals surface area (Å²) < 4.78 is 0. The predicted molar refractivity (Wildman–Crippen MR) is 112 cm³/mol. The molecular weight excluding hydrogens is 350 g/mol. The minimum Gasteiger partial charge on any atom is -0.478 e. The summed E-state index contributed by atoms with van der Waals surface area (Å²) in [6, 6.07) is 19.1. The summed E-state index contributed by atoms with van der Waals surface area (Å²) in [5.41, 5.74) is 2.03. The van der Waals surface area contributed by atoms with E-state index in [0.29, 0.717) is 13.0 Å². The van der Waals surface area contributed by atoms with Gasteiger partial charge in [0.25, 0.3) is 0 Å². The molecule has 2 aromatic carbocycles. The zero-order chi connectivity index (χ0) is 20.2. The summed E-state index contributed by atoms with van der Waals surface area (Å²) in [5, 5.41) is 9.10. The van der Waals surface area contributed by atoms with Gasteiger partial charge in [0.2, 0.25) is 5.91 Å². The molecule has 0 aromatic heterocycles. The fourth-order valence-electron chi connectivity index (χ4n) is 2.88. The molecule has 0 radical (unpaired) electrons. The fraction of sp³-hybridized carbons (Fsp3) is 0.167. The normalized spacial score (nSPS) is 12.1. The molecule has 0 saturated heterocycles. The van der Waals surface area contributed by atoms with Crippen LogP contribution in [-0.4, -0.2) is 27.9 Å². The summed E-state index contributed by atoms with van der Waals surface area (Å²) in [6.45, 7) is 4.03. The van der Waals surface area contributed by atoms with Gasteiger partial charge in [-0.05, 0) is 17.5 Å². The van der Waals surface area contributed by atoms with E-state index in [1.165, 1.54) is 0 Å². The van der Waals surface area contributed by atoms with Gasteiger partial charge in [-0.2, -0.15) is 0 Å². The van der Waals surface area contributed by atoms with Crippen molar-refractivity contribution in [1.29, 1.82) is 0 Å². The molecule has 4 nitrogen and oxygen atoms in total. The third-order valence-corrected chi connectivity index (χ3v) is 4.23. The Hall–Kier alpha value is -3.40. The second-order valence-electron chi connectivity index (χ2n) is 6.33. The summed E-state index contributed by atoms with van der Waals surface area (Å²) in [6.07, 6.45) is 8.58. The van der Waals surface area contributed by atoms with Gasteiger partial charge in [0.1, 0.15) is 0 Å². The Morgan fingerprint density at radius 1 is 1.00 bits per heavy atom. The molecule has 144 valence electrons. The van der Waals surface area contributed by atoms with Crippen LogP contribution < -0.4 is 0 Å². The van der Waals surface area contributed by atoms with Crippen LogP contribution in [0.1, 0.15) is 17.5 Å². The number of carboxylic acids is 1. The van der Waals surface area contributed by atoms with Crippen molar-refractivity contribution in [3.8, 4) is 0 Å². The zero-order valence-electron chi connectivity index (χ0n) is 15.8. The van der Waals surface area contributed by atoms with E-state index >= 15 is 0 Å². The Balaban J connectivity index is 2.33. The van der Waals surface area contributed by atoms with Crippen molar-refractivity contribution in [2.45, 2.75) is 25.4 Å². The molecule has 0 saturated carbocycles. The molecule has 1 N–H and O–H groups in total. The number of carbonyl (C=O) groups is 2. The number of rotatable bonds is 10. The van der Waals surface area contributed by atoms with E-state index in [-0.39, 0.29) is 18.4 Å². The van der Waals surface area contributed by atoms with Gasteiger partial charge in [-0.3, -0.25) is 4.79 Å². The number of carboxylic acid groups (broad SMARTS) is 1. The Morgan fingerprint density at radius 3 is 2.18 bits per heavy atom. The molecule has 0 aliphatic heterocycles. The second kappa shape index (κ2) is 11.3. The number of nitrogens with zero attached hydrogens (tertiary/aromatic N) is 1. The molecular formula is C24H25NO3. The SMILES string of the molecule is C=CC=CCC(=O)N(Cc1ccccc1)[C@H](C=CC(=O)O)Cc1ccccc1. The molecule has 0 bridgehead atoms. The quantitative estimate of drug-likeness (QED) is 0.495. The lowest BCUT2D eigenvalue weighted by atomic mass is 10.0. The third-order valence-electron chi connectivity index (χ3n) is 4.23. The minimum atomic E-state index is -1.03. The largest absolute Gasteiger partial charge is 0.478 e. The van der Waals surface area contributed by atoms with Crippen molar-refractivity contribution >= 4 is 11.9 Å². The van der Waals surface area contributed by atoms with E-state index in [0.717, 1.165) is 17.2 Å². The maximum Gasteiger partial charge on any atom is 0.328 e. The van der Waals surface area contributed by atoms with E-state index in [1.807, 2.05) is 60.7 Å². The highest BCUT2D eigenvalue weighted by Gasteiger charge is 2.22. The van der Waals surface area contributed by atoms with E-state index in [1.54, 1.807) is 29.2 Å². The average Bonchev–Trinajstić information content (AvgIpc) is 2.71. The lowest BCUT2D eigenvalue weighted by Crippen LogP contribution is -2.40. The van der Waals surface area contributed by atoms with Crippen LogP contribution in [0, 0.1) is 0 Å². The second-order valence-corrected chi connectivity index (χ2v) is 6.33. The molecule has 0 aliphatic carbocycles. The number of allylic oxidation sites excluding steroid dienone is 2. The van der Waals surface area contributed by atoms with Crippen molar-refractivity contribution in [3.05, 3.63) is 109 Å². The van der Waals surface area contributed by atoms with Gasteiger partial charge < -0.3 is 10.0 Å². The van der Waals surface area contributed by atoms with Gasteiger partial charge in [0.05, 0.1) is 6.04 Å². The molecule has 0 fully saturated rings. The van der Waals surface area contributed by atoms with Gasteiger partial charge in [-0.15, -0.1) is 0 Å². The van der Waals surface area contributed by atoms with Crippen LogP contribution in [0.25, 0.3) is 0 Å². The van der Waals surface area contributed by atoms with Crippen molar-refractivity contribution < 1.29 is 14.7 Å². The van der Waals surface area contributed by atoms with Gasteiger partial charge >= 0.3 is 5.97 Å². The first-order valence-corrected chi connectivity index (χ1v) is 9.16. The Bertz CT molecular complexity index is 825. The third kappa shape index (κ3) is 7.08. The maximum absolute atomic E-state index is 13.0. The molecule has 28 heavy (non-hydrogen) atoms. The zero-order valence-corrected chi connectivity index (χ0v) is 15.8. The van der Waals surface area contributed by atoms with Crippen LogP contribution in [0.2, 0.25) is 0 Å². The molecule has 2 aromatic rings. The molecule has 4 heteroatoms. The Kier molecular flexibility index (Phi) is 8.47. The van der Waals surface area contributed by atoms with E-state index in [2.05, 4.69) is 6.58 Å². The van der Waals surface area contributed by atoms with E-state index in [9.17, 15) is 9.59 Å². The molecule has 0 spiro atoms. The number of hydrogen-bond donors (Lipinski definition) is 1. The number of carbonyl (C=O) groups excluding carboxylic acids is 1. The average molecular weight is 375 g/mol. The maximum atomic E-state index is 13.0. The van der Waals surface area contributed by atoms with Gasteiger partial charge in [-0.25, -0.2) is 4.79 Å². The fourth-order valence-corrected chi connectivity index (χ4v) is 2.88. The highest BCUT2D eigenvalue weighted by Crippen LogP contribution is 2.16. The first-order valence-electron chi connectivity index (χ1n) is 9.16. The summed E-state index contributed by atoms with van der Waals surface area (Å²) in [4.78, 5) is 25.8. The van der Waals surface area contributed by atoms with Crippen LogP contribution in [0.4, 0.5) is 0 Å². The highest BCUT2D eigenvalue weighted by molar-refractivity contribution is 5.81. The predicted octanol–water partition coefficient (Wildman–Crippen LogP) is 4.40. The van der Waals surface area contributed by atoms with Gasteiger partial charge in [0.15, 0.2) is 0 Å². The van der Waals surface area contributed by atoms with Gasteiger partial charge in [-0.1, -0.05) is 91.5 Å². The van der Waals surface area contributed by atoms with E-state index in [4.69, 9.17) is 5.11 Å². The number of hydrogen-bond acceptors (Lipinski definition) is 2. The molecule has 1 amide bonds. The van der Waals surface area contributed by atoms with Crippen LogP contribution in [0.5, 0.6) is 0 Å². The standard InChI is InChI=1S/C24H25NO3/c1-2-3-6-15-23(26)25(19-21-13-9-5-10-14-21)22(16-17-24(27)28)18-20-11-7-4-8-12-20/h2-14,16-17,22H,1,15,18-19H2,(H,27,28)/t22-/m1/s1. The van der Waals surface area contributed by atoms with E-state index < -0.39 is 5.97 Å². The summed E-state index contributed by atoms with van der Waals surface area (Å²) in [5.74, 6) is -1.10. The molecule has 0 aliphatic rings. The van der Waals surface area contributed by atoms with Crippen LogP contribution in [-0.2, 0) is 22.6 Å². The smallest absolute Gasteiger partial charge is 0.328 e. The van der Waals surface area contributed by atoms with Gasteiger partial charge in [0, 0.05) is 19.0 Å². The number of aliphatic carboxylic acids is 1. The molecule has 1 atom stereocenters.